The topological polar surface area (TPSA) is 87.3 Å². The second-order valence-electron chi connectivity index (χ2n) is 6.64. The summed E-state index contributed by atoms with van der Waals surface area (Å²) in [6, 6.07) is 6.75. The van der Waals surface area contributed by atoms with Crippen LogP contribution in [0, 0.1) is 11.3 Å². The van der Waals surface area contributed by atoms with Crippen LogP contribution in [0.5, 0.6) is 0 Å². The average Bonchev–Trinajstić information content (AvgIpc) is 2.93. The van der Waals surface area contributed by atoms with E-state index in [9.17, 15) is 13.2 Å². The summed E-state index contributed by atoms with van der Waals surface area (Å²) in [5.74, 6) is 0.499. The molecule has 1 saturated heterocycles. The molecule has 3 rings (SSSR count). The maximum Gasteiger partial charge on any atom is 0.232 e. The molecule has 0 radical (unpaired) electrons. The van der Waals surface area contributed by atoms with Crippen molar-refractivity contribution in [3.63, 3.8) is 0 Å². The molecule has 0 aromatic heterocycles. The van der Waals surface area contributed by atoms with E-state index >= 15 is 0 Å². The van der Waals surface area contributed by atoms with E-state index in [2.05, 4.69) is 15.4 Å². The van der Waals surface area contributed by atoms with Crippen molar-refractivity contribution in [1.82, 2.24) is 5.32 Å². The third kappa shape index (κ3) is 3.50. The van der Waals surface area contributed by atoms with Crippen LogP contribution in [0.3, 0.4) is 0 Å². The van der Waals surface area contributed by atoms with Crippen molar-refractivity contribution in [3.05, 3.63) is 24.3 Å². The number of nitrogens with one attached hydrogen (secondary N) is 3. The zero-order valence-electron chi connectivity index (χ0n) is 13.3. The summed E-state index contributed by atoms with van der Waals surface area (Å²) in [6.07, 6.45) is 5.45. The summed E-state index contributed by atoms with van der Waals surface area (Å²) < 4.78 is 24.8. The first kappa shape index (κ1) is 16.3. The monoisotopic (exact) mass is 337 g/mol. The number of amides is 1. The number of hydrogen-bond acceptors (Lipinski definition) is 4. The molecule has 1 aliphatic heterocycles. The number of rotatable bonds is 4. The van der Waals surface area contributed by atoms with Gasteiger partial charge in [0.15, 0.2) is 0 Å². The van der Waals surface area contributed by atoms with Crippen LogP contribution >= 0.6 is 0 Å². The molecule has 6 nitrogen and oxygen atoms in total. The minimum atomic E-state index is -3.29. The molecular weight excluding hydrogens is 314 g/mol. The van der Waals surface area contributed by atoms with E-state index in [0.717, 1.165) is 38.6 Å². The molecule has 1 aromatic carbocycles. The molecule has 2 atom stereocenters. The van der Waals surface area contributed by atoms with Gasteiger partial charge in [0.25, 0.3) is 0 Å². The lowest BCUT2D eigenvalue weighted by Crippen LogP contribution is -2.44. The molecule has 126 valence electrons. The Bertz CT molecular complexity index is 687. The molecule has 1 saturated carbocycles. The van der Waals surface area contributed by atoms with Crippen LogP contribution in [0.15, 0.2) is 24.3 Å². The minimum absolute atomic E-state index is 0.0797. The van der Waals surface area contributed by atoms with E-state index in [0.29, 0.717) is 17.3 Å². The standard InChI is InChI=1S/C16H23N3O3S/c1-23(21,22)19-14-7-5-13(6-8-14)18-15(20)16-9-3-2-4-12(16)10-17-11-16/h5-8,12,17,19H,2-4,9-11H2,1H3,(H,18,20)/t12-,16+/m0/s1. The van der Waals surface area contributed by atoms with Gasteiger partial charge in [-0.3, -0.25) is 9.52 Å². The van der Waals surface area contributed by atoms with Gasteiger partial charge < -0.3 is 10.6 Å². The fourth-order valence-corrected chi connectivity index (χ4v) is 4.35. The molecule has 0 spiro atoms. The molecule has 0 unspecified atom stereocenters. The Labute approximate surface area is 137 Å². The molecule has 23 heavy (non-hydrogen) atoms. The molecule has 0 bridgehead atoms. The summed E-state index contributed by atoms with van der Waals surface area (Å²) in [5, 5.41) is 6.38. The van der Waals surface area contributed by atoms with Gasteiger partial charge in [-0.25, -0.2) is 8.42 Å². The zero-order chi connectivity index (χ0) is 16.5. The smallest absolute Gasteiger partial charge is 0.232 e. The quantitative estimate of drug-likeness (QED) is 0.781. The third-order valence-electron chi connectivity index (χ3n) is 4.94. The molecule has 7 heteroatoms. The van der Waals surface area contributed by atoms with Gasteiger partial charge in [0.2, 0.25) is 15.9 Å². The van der Waals surface area contributed by atoms with Crippen molar-refractivity contribution in [2.75, 3.05) is 29.4 Å². The van der Waals surface area contributed by atoms with Crippen LogP contribution in [-0.2, 0) is 14.8 Å². The van der Waals surface area contributed by atoms with Gasteiger partial charge in [-0.15, -0.1) is 0 Å². The second kappa shape index (κ2) is 6.13. The van der Waals surface area contributed by atoms with E-state index in [1.807, 2.05) is 0 Å². The van der Waals surface area contributed by atoms with Gasteiger partial charge in [-0.2, -0.15) is 0 Å². The highest BCUT2D eigenvalue weighted by atomic mass is 32.2. The number of carbonyl (C=O) groups is 1. The summed E-state index contributed by atoms with van der Waals surface area (Å²) in [7, 11) is -3.29. The van der Waals surface area contributed by atoms with Crippen molar-refractivity contribution < 1.29 is 13.2 Å². The predicted octanol–water partition coefficient (Wildman–Crippen LogP) is 1.78. The highest BCUT2D eigenvalue weighted by Crippen LogP contribution is 2.44. The van der Waals surface area contributed by atoms with E-state index in [-0.39, 0.29) is 11.3 Å². The first-order valence-electron chi connectivity index (χ1n) is 7.99. The lowest BCUT2D eigenvalue weighted by atomic mass is 9.67. The Balaban J connectivity index is 1.70. The molecule has 1 amide bonds. The molecule has 1 heterocycles. The summed E-state index contributed by atoms with van der Waals surface area (Å²) in [6.45, 7) is 1.67. The van der Waals surface area contributed by atoms with Gasteiger partial charge in [0.1, 0.15) is 0 Å². The highest BCUT2D eigenvalue weighted by molar-refractivity contribution is 7.92. The van der Waals surface area contributed by atoms with Crippen molar-refractivity contribution in [2.24, 2.45) is 11.3 Å². The van der Waals surface area contributed by atoms with E-state index < -0.39 is 10.0 Å². The largest absolute Gasteiger partial charge is 0.326 e. The molecule has 3 N–H and O–H groups in total. The molecule has 2 aliphatic rings. The van der Waals surface area contributed by atoms with Crippen molar-refractivity contribution >= 4 is 27.3 Å². The van der Waals surface area contributed by atoms with Gasteiger partial charge in [0.05, 0.1) is 11.7 Å². The normalized spacial score (nSPS) is 27.3. The Morgan fingerprint density at radius 3 is 2.61 bits per heavy atom. The number of benzene rings is 1. The van der Waals surface area contributed by atoms with E-state index in [1.54, 1.807) is 24.3 Å². The zero-order valence-corrected chi connectivity index (χ0v) is 14.1. The number of carbonyl (C=O) groups excluding carboxylic acids is 1. The summed E-state index contributed by atoms with van der Waals surface area (Å²) >= 11 is 0. The number of anilines is 2. The Morgan fingerprint density at radius 2 is 1.91 bits per heavy atom. The Kier molecular flexibility index (Phi) is 4.33. The minimum Gasteiger partial charge on any atom is -0.326 e. The van der Waals surface area contributed by atoms with Crippen LogP contribution < -0.4 is 15.4 Å². The van der Waals surface area contributed by atoms with Gasteiger partial charge in [-0.1, -0.05) is 12.8 Å². The van der Waals surface area contributed by atoms with Crippen LogP contribution in [0.4, 0.5) is 11.4 Å². The van der Waals surface area contributed by atoms with Gasteiger partial charge in [-0.05, 0) is 49.6 Å². The van der Waals surface area contributed by atoms with E-state index in [1.165, 1.54) is 6.42 Å². The number of hydrogen-bond donors (Lipinski definition) is 3. The maximum absolute atomic E-state index is 12.8. The van der Waals surface area contributed by atoms with Gasteiger partial charge >= 0.3 is 0 Å². The second-order valence-corrected chi connectivity index (χ2v) is 8.38. The summed E-state index contributed by atoms with van der Waals surface area (Å²) in [5.41, 5.74) is 0.892. The average molecular weight is 337 g/mol. The maximum atomic E-state index is 12.8. The first-order chi connectivity index (χ1) is 10.9. The van der Waals surface area contributed by atoms with Crippen LogP contribution in [0.25, 0.3) is 0 Å². The predicted molar refractivity (Wildman–Crippen MR) is 90.8 cm³/mol. The Hall–Kier alpha value is -1.60. The van der Waals surface area contributed by atoms with Crippen molar-refractivity contribution in [2.45, 2.75) is 25.7 Å². The highest BCUT2D eigenvalue weighted by Gasteiger charge is 2.49. The fraction of sp³-hybridized carbons (Fsp3) is 0.562. The molecule has 1 aromatic rings. The third-order valence-corrected chi connectivity index (χ3v) is 5.54. The van der Waals surface area contributed by atoms with Gasteiger partial charge in [0, 0.05) is 17.9 Å². The Morgan fingerprint density at radius 1 is 1.22 bits per heavy atom. The lowest BCUT2D eigenvalue weighted by Gasteiger charge is -2.37. The molecule has 2 fully saturated rings. The fourth-order valence-electron chi connectivity index (χ4n) is 3.78. The van der Waals surface area contributed by atoms with Crippen LogP contribution in [-0.4, -0.2) is 33.7 Å². The van der Waals surface area contributed by atoms with Crippen LogP contribution in [0.2, 0.25) is 0 Å². The SMILES string of the molecule is CS(=O)(=O)Nc1ccc(NC(=O)[C@@]23CCCC[C@H]2CNC3)cc1. The first-order valence-corrected chi connectivity index (χ1v) is 9.88. The molecular formula is C16H23N3O3S. The van der Waals surface area contributed by atoms with E-state index in [4.69, 9.17) is 0 Å². The van der Waals surface area contributed by atoms with Crippen molar-refractivity contribution in [3.8, 4) is 0 Å². The molecule has 1 aliphatic carbocycles. The summed E-state index contributed by atoms with van der Waals surface area (Å²) in [4.78, 5) is 12.8. The van der Waals surface area contributed by atoms with Crippen molar-refractivity contribution in [1.29, 1.82) is 0 Å². The van der Waals surface area contributed by atoms with Crippen LogP contribution in [0.1, 0.15) is 25.7 Å². The number of fused-ring (bicyclic) bond motifs is 1. The lowest BCUT2D eigenvalue weighted by molar-refractivity contribution is -0.128. The number of sulfonamides is 1.